The summed E-state index contributed by atoms with van der Waals surface area (Å²) >= 11 is 0. The van der Waals surface area contributed by atoms with Crippen molar-refractivity contribution in [3.63, 3.8) is 0 Å². The van der Waals surface area contributed by atoms with Crippen LogP contribution < -0.4 is 10.6 Å². The molecule has 0 heterocycles. The fourth-order valence-corrected chi connectivity index (χ4v) is 2.51. The summed E-state index contributed by atoms with van der Waals surface area (Å²) < 4.78 is 26.5. The highest BCUT2D eigenvalue weighted by Gasteiger charge is 2.23. The molecule has 0 aliphatic carbocycles. The zero-order valence-electron chi connectivity index (χ0n) is 14.1. The smallest absolute Gasteiger partial charge is 0.246 e. The van der Waals surface area contributed by atoms with E-state index in [2.05, 4.69) is 10.6 Å². The Morgan fingerprint density at radius 1 is 1.08 bits per heavy atom. The van der Waals surface area contributed by atoms with Gasteiger partial charge in [0, 0.05) is 13.5 Å². The van der Waals surface area contributed by atoms with E-state index in [0.29, 0.717) is 6.42 Å². The molecule has 0 saturated carbocycles. The third kappa shape index (κ3) is 4.86. The molecule has 25 heavy (non-hydrogen) atoms. The molecule has 2 aromatic carbocycles. The number of aryl methyl sites for hydroxylation is 2. The predicted octanol–water partition coefficient (Wildman–Crippen LogP) is 2.81. The number of amides is 2. The van der Waals surface area contributed by atoms with Gasteiger partial charge in [0.1, 0.15) is 6.04 Å². The lowest BCUT2D eigenvalue weighted by Crippen LogP contribution is -2.39. The number of rotatable bonds is 6. The highest BCUT2D eigenvalue weighted by atomic mass is 19.2. The van der Waals surface area contributed by atoms with Crippen LogP contribution in [0.2, 0.25) is 0 Å². The Morgan fingerprint density at radius 3 is 2.44 bits per heavy atom. The van der Waals surface area contributed by atoms with Crippen LogP contribution in [0.15, 0.2) is 42.5 Å². The number of carbonyl (C=O) groups excluding carboxylic acids is 2. The van der Waals surface area contributed by atoms with Crippen molar-refractivity contribution in [3.05, 3.63) is 70.8 Å². The van der Waals surface area contributed by atoms with Gasteiger partial charge in [-0.25, -0.2) is 8.78 Å². The molecule has 2 aromatic rings. The first-order valence-corrected chi connectivity index (χ1v) is 7.92. The van der Waals surface area contributed by atoms with Gasteiger partial charge in [-0.2, -0.15) is 0 Å². The van der Waals surface area contributed by atoms with Gasteiger partial charge in [-0.05, 0) is 42.2 Å². The fraction of sp³-hybridized carbons (Fsp3) is 0.263. The quantitative estimate of drug-likeness (QED) is 0.845. The minimum atomic E-state index is -1.08. The highest BCUT2D eigenvalue weighted by molar-refractivity contribution is 5.88. The molecule has 132 valence electrons. The molecular formula is C19H20F2N2O2. The van der Waals surface area contributed by atoms with Crippen LogP contribution in [0.1, 0.15) is 29.2 Å². The molecule has 0 unspecified atom stereocenters. The summed E-state index contributed by atoms with van der Waals surface area (Å²) in [6.45, 7) is 1.96. The second-order valence-corrected chi connectivity index (χ2v) is 5.71. The van der Waals surface area contributed by atoms with E-state index in [1.54, 1.807) is 0 Å². The van der Waals surface area contributed by atoms with Gasteiger partial charge in [0.25, 0.3) is 0 Å². The zero-order valence-corrected chi connectivity index (χ0v) is 14.1. The molecule has 0 saturated heterocycles. The maximum absolute atomic E-state index is 13.4. The number of carbonyl (C=O) groups is 2. The monoisotopic (exact) mass is 346 g/mol. The van der Waals surface area contributed by atoms with Crippen molar-refractivity contribution in [2.75, 3.05) is 7.05 Å². The van der Waals surface area contributed by atoms with Gasteiger partial charge in [-0.3, -0.25) is 9.59 Å². The molecule has 0 aliphatic heterocycles. The molecule has 1 atom stereocenters. The molecule has 0 bridgehead atoms. The Hall–Kier alpha value is -2.76. The lowest BCUT2D eigenvalue weighted by Gasteiger charge is -2.18. The van der Waals surface area contributed by atoms with Crippen molar-refractivity contribution in [2.45, 2.75) is 25.8 Å². The summed E-state index contributed by atoms with van der Waals surface area (Å²) in [7, 11) is 1.41. The molecular weight excluding hydrogens is 326 g/mol. The number of likely N-dealkylation sites (N-methyl/N-ethyl adjacent to an activating group) is 1. The second-order valence-electron chi connectivity index (χ2n) is 5.71. The van der Waals surface area contributed by atoms with Crippen molar-refractivity contribution >= 4 is 11.8 Å². The molecule has 4 nitrogen and oxygen atoms in total. The summed E-state index contributed by atoms with van der Waals surface area (Å²) in [5, 5.41) is 5.00. The van der Waals surface area contributed by atoms with E-state index < -0.39 is 23.6 Å². The van der Waals surface area contributed by atoms with E-state index in [9.17, 15) is 18.4 Å². The maximum atomic E-state index is 13.4. The second kappa shape index (κ2) is 8.37. The molecule has 2 rings (SSSR count). The summed E-state index contributed by atoms with van der Waals surface area (Å²) in [6, 6.07) is 9.76. The number of hydrogen-bond donors (Lipinski definition) is 2. The zero-order chi connectivity index (χ0) is 18.4. The first-order valence-electron chi connectivity index (χ1n) is 7.92. The van der Waals surface area contributed by atoms with Crippen molar-refractivity contribution in [1.82, 2.24) is 10.6 Å². The number of nitrogens with one attached hydrogen (secondary N) is 2. The van der Waals surface area contributed by atoms with Crippen LogP contribution in [0.4, 0.5) is 8.78 Å². The average molecular weight is 346 g/mol. The van der Waals surface area contributed by atoms with Gasteiger partial charge < -0.3 is 10.6 Å². The first kappa shape index (κ1) is 18.6. The third-order valence-electron chi connectivity index (χ3n) is 3.97. The molecule has 0 spiro atoms. The van der Waals surface area contributed by atoms with Gasteiger partial charge in [0.05, 0.1) is 0 Å². The largest absolute Gasteiger partial charge is 0.357 e. The van der Waals surface area contributed by atoms with Crippen LogP contribution in [0.5, 0.6) is 0 Å². The van der Waals surface area contributed by atoms with E-state index in [-0.39, 0.29) is 17.9 Å². The molecule has 0 radical (unpaired) electrons. The van der Waals surface area contributed by atoms with Crippen molar-refractivity contribution < 1.29 is 18.4 Å². The highest BCUT2D eigenvalue weighted by Crippen LogP contribution is 2.17. The van der Waals surface area contributed by atoms with Crippen molar-refractivity contribution in [3.8, 4) is 0 Å². The lowest BCUT2D eigenvalue weighted by atomic mass is 10.0. The van der Waals surface area contributed by atoms with Gasteiger partial charge in [0.2, 0.25) is 11.8 Å². The molecule has 2 amide bonds. The summed E-state index contributed by atoms with van der Waals surface area (Å²) in [5.74, 6) is -2.93. The van der Waals surface area contributed by atoms with Crippen LogP contribution >= 0.6 is 0 Å². The maximum Gasteiger partial charge on any atom is 0.246 e. The number of benzene rings is 2. The van der Waals surface area contributed by atoms with Crippen molar-refractivity contribution in [2.24, 2.45) is 0 Å². The molecule has 0 fully saturated rings. The van der Waals surface area contributed by atoms with Crippen LogP contribution in [-0.4, -0.2) is 18.9 Å². The minimum absolute atomic E-state index is 0.183. The fourth-order valence-electron chi connectivity index (χ4n) is 2.51. The van der Waals surface area contributed by atoms with Crippen molar-refractivity contribution in [1.29, 1.82) is 0 Å². The first-order chi connectivity index (χ1) is 11.9. The number of halogens is 2. The molecule has 6 heteroatoms. The van der Waals surface area contributed by atoms with E-state index in [1.807, 2.05) is 31.2 Å². The standard InChI is InChI=1S/C19H20F2N2O2/c1-12-5-3-4-6-13(12)8-10-17(24)23-18(19(25)22-2)14-7-9-15(20)16(21)11-14/h3-7,9,11,18H,8,10H2,1-2H3,(H,22,25)(H,23,24)/t18-/m0/s1. The summed E-state index contributed by atoms with van der Waals surface area (Å²) in [5.41, 5.74) is 2.31. The average Bonchev–Trinajstić information content (AvgIpc) is 2.61. The lowest BCUT2D eigenvalue weighted by molar-refractivity contribution is -0.128. The van der Waals surface area contributed by atoms with Crippen LogP contribution in [0, 0.1) is 18.6 Å². The van der Waals surface area contributed by atoms with Crippen LogP contribution in [0.25, 0.3) is 0 Å². The Morgan fingerprint density at radius 2 is 1.80 bits per heavy atom. The van der Waals surface area contributed by atoms with E-state index in [4.69, 9.17) is 0 Å². The van der Waals surface area contributed by atoms with E-state index in [1.165, 1.54) is 13.1 Å². The Labute approximate surface area is 145 Å². The Balaban J connectivity index is 2.08. The third-order valence-corrected chi connectivity index (χ3v) is 3.97. The summed E-state index contributed by atoms with van der Waals surface area (Å²) in [6.07, 6.45) is 0.707. The normalized spacial score (nSPS) is 11.7. The number of hydrogen-bond acceptors (Lipinski definition) is 2. The van der Waals surface area contributed by atoms with Gasteiger partial charge in [-0.15, -0.1) is 0 Å². The molecule has 0 aromatic heterocycles. The minimum Gasteiger partial charge on any atom is -0.357 e. The van der Waals surface area contributed by atoms with Gasteiger partial charge in [-0.1, -0.05) is 30.3 Å². The molecule has 2 N–H and O–H groups in total. The van der Waals surface area contributed by atoms with E-state index >= 15 is 0 Å². The Kier molecular flexibility index (Phi) is 6.22. The SMILES string of the molecule is CNC(=O)[C@@H](NC(=O)CCc1ccccc1C)c1ccc(F)c(F)c1. The molecule has 0 aliphatic rings. The van der Waals surface area contributed by atoms with Gasteiger partial charge >= 0.3 is 0 Å². The predicted molar refractivity (Wildman–Crippen MR) is 90.8 cm³/mol. The van der Waals surface area contributed by atoms with Gasteiger partial charge in [0.15, 0.2) is 11.6 Å². The van der Waals surface area contributed by atoms with E-state index in [0.717, 1.165) is 23.3 Å². The van der Waals surface area contributed by atoms with Crippen LogP contribution in [0.3, 0.4) is 0 Å². The summed E-state index contributed by atoms with van der Waals surface area (Å²) in [4.78, 5) is 24.3. The topological polar surface area (TPSA) is 58.2 Å². The van der Waals surface area contributed by atoms with Crippen LogP contribution in [-0.2, 0) is 16.0 Å². The Bertz CT molecular complexity index is 778.